The lowest BCUT2D eigenvalue weighted by Crippen LogP contribution is -2.55. The van der Waals surface area contributed by atoms with Gasteiger partial charge in [-0.1, -0.05) is 23.8 Å². The molecule has 0 bridgehead atoms. The minimum absolute atomic E-state index is 0.0131. The molecule has 2 amide bonds. The fourth-order valence-corrected chi connectivity index (χ4v) is 4.04. The van der Waals surface area contributed by atoms with Gasteiger partial charge in [0.1, 0.15) is 12.4 Å². The maximum Gasteiger partial charge on any atom is 0.246 e. The van der Waals surface area contributed by atoms with Crippen molar-refractivity contribution in [2.24, 2.45) is 5.92 Å². The van der Waals surface area contributed by atoms with E-state index in [9.17, 15) is 9.59 Å². The third-order valence-electron chi connectivity index (χ3n) is 5.62. The Morgan fingerprint density at radius 2 is 1.89 bits per heavy atom. The van der Waals surface area contributed by atoms with Crippen molar-refractivity contribution in [1.82, 2.24) is 9.88 Å². The molecule has 0 N–H and O–H groups in total. The number of hydrogen-bond donors (Lipinski definition) is 0. The monoisotopic (exact) mass is 378 g/mol. The normalized spacial score (nSPS) is 20.4. The van der Waals surface area contributed by atoms with Gasteiger partial charge in [0.05, 0.1) is 5.92 Å². The molecule has 6 nitrogen and oxygen atoms in total. The van der Waals surface area contributed by atoms with Crippen LogP contribution in [-0.2, 0) is 9.59 Å². The number of aromatic nitrogens is 1. The molecule has 2 saturated heterocycles. The zero-order valence-corrected chi connectivity index (χ0v) is 16.3. The first kappa shape index (κ1) is 18.5. The Kier molecular flexibility index (Phi) is 5.28. The summed E-state index contributed by atoms with van der Waals surface area (Å²) in [4.78, 5) is 35.9. The summed E-state index contributed by atoms with van der Waals surface area (Å²) in [7, 11) is 0. The van der Waals surface area contributed by atoms with E-state index in [1.54, 1.807) is 16.0 Å². The fourth-order valence-electron chi connectivity index (χ4n) is 4.04. The van der Waals surface area contributed by atoms with Gasteiger partial charge >= 0.3 is 0 Å². The van der Waals surface area contributed by atoms with Crippen LogP contribution in [0.3, 0.4) is 0 Å². The molecule has 6 heteroatoms. The first-order chi connectivity index (χ1) is 13.6. The Labute approximate surface area is 165 Å². The number of nitrogens with zero attached hydrogens (tertiary/aromatic N) is 4. The van der Waals surface area contributed by atoms with Crippen molar-refractivity contribution in [2.75, 3.05) is 42.5 Å². The number of carbonyl (C=O) groups is 2. The van der Waals surface area contributed by atoms with Crippen molar-refractivity contribution in [3.63, 3.8) is 0 Å². The van der Waals surface area contributed by atoms with Crippen LogP contribution < -0.4 is 9.80 Å². The number of carbonyl (C=O) groups excluding carboxylic acids is 2. The van der Waals surface area contributed by atoms with Crippen LogP contribution in [0, 0.1) is 12.8 Å². The molecule has 0 spiro atoms. The third kappa shape index (κ3) is 3.86. The van der Waals surface area contributed by atoms with Crippen LogP contribution >= 0.6 is 0 Å². The maximum atomic E-state index is 13.1. The van der Waals surface area contributed by atoms with Gasteiger partial charge in [-0.3, -0.25) is 9.59 Å². The fraction of sp³-hybridized carbons (Fsp3) is 0.409. The lowest BCUT2D eigenvalue weighted by Gasteiger charge is -2.39. The van der Waals surface area contributed by atoms with Crippen LogP contribution in [0.15, 0.2) is 48.7 Å². The van der Waals surface area contributed by atoms with Crippen LogP contribution in [0.5, 0.6) is 0 Å². The number of benzene rings is 1. The summed E-state index contributed by atoms with van der Waals surface area (Å²) in [5.41, 5.74) is 2.07. The summed E-state index contributed by atoms with van der Waals surface area (Å²) < 4.78 is 0. The number of piperidine rings is 1. The number of hydrogen-bond acceptors (Lipinski definition) is 4. The van der Waals surface area contributed by atoms with Gasteiger partial charge in [0.25, 0.3) is 0 Å². The second kappa shape index (κ2) is 8.00. The molecule has 0 saturated carbocycles. The highest BCUT2D eigenvalue weighted by Gasteiger charge is 2.34. The molecule has 0 aliphatic carbocycles. The molecule has 0 unspecified atom stereocenters. The first-order valence-electron chi connectivity index (χ1n) is 9.93. The highest BCUT2D eigenvalue weighted by Crippen LogP contribution is 2.24. The zero-order chi connectivity index (χ0) is 19.5. The SMILES string of the molecule is Cc1ccc(N2CCN(C(=O)[C@H]3CCCN(c4ccccn4)C3)CC2=O)cc1. The molecular formula is C22H26N4O2. The van der Waals surface area contributed by atoms with E-state index in [4.69, 9.17) is 0 Å². The minimum Gasteiger partial charge on any atom is -0.356 e. The molecule has 3 heterocycles. The highest BCUT2D eigenvalue weighted by atomic mass is 16.2. The predicted octanol–water partition coefficient (Wildman–Crippen LogP) is 2.48. The lowest BCUT2D eigenvalue weighted by molar-refractivity contribution is -0.140. The van der Waals surface area contributed by atoms with Crippen molar-refractivity contribution in [3.8, 4) is 0 Å². The van der Waals surface area contributed by atoms with E-state index in [0.717, 1.165) is 30.9 Å². The maximum absolute atomic E-state index is 13.1. The van der Waals surface area contributed by atoms with E-state index in [0.29, 0.717) is 19.6 Å². The van der Waals surface area contributed by atoms with Crippen LogP contribution in [0.25, 0.3) is 0 Å². The zero-order valence-electron chi connectivity index (χ0n) is 16.3. The summed E-state index contributed by atoms with van der Waals surface area (Å²) in [6.45, 7) is 4.90. The molecular weight excluding hydrogens is 352 g/mol. The summed E-state index contributed by atoms with van der Waals surface area (Å²) in [6.07, 6.45) is 3.61. The number of aryl methyl sites for hydroxylation is 1. The second-order valence-corrected chi connectivity index (χ2v) is 7.61. The molecule has 4 rings (SSSR count). The molecule has 1 aromatic carbocycles. The van der Waals surface area contributed by atoms with Crippen LogP contribution in [0.2, 0.25) is 0 Å². The first-order valence-corrected chi connectivity index (χ1v) is 9.93. The Bertz CT molecular complexity index is 837. The number of amides is 2. The van der Waals surface area contributed by atoms with Crippen molar-refractivity contribution < 1.29 is 9.59 Å². The van der Waals surface area contributed by atoms with Crippen molar-refractivity contribution >= 4 is 23.3 Å². The number of rotatable bonds is 3. The Hall–Kier alpha value is -2.89. The molecule has 1 atom stereocenters. The van der Waals surface area contributed by atoms with Crippen molar-refractivity contribution in [3.05, 3.63) is 54.2 Å². The van der Waals surface area contributed by atoms with Gasteiger partial charge in [0.15, 0.2) is 0 Å². The van der Waals surface area contributed by atoms with E-state index < -0.39 is 0 Å². The van der Waals surface area contributed by atoms with Gasteiger partial charge in [-0.15, -0.1) is 0 Å². The number of pyridine rings is 1. The molecule has 2 fully saturated rings. The van der Waals surface area contributed by atoms with Crippen LogP contribution in [-0.4, -0.2) is 54.4 Å². The van der Waals surface area contributed by atoms with E-state index in [2.05, 4.69) is 9.88 Å². The molecule has 28 heavy (non-hydrogen) atoms. The van der Waals surface area contributed by atoms with Gasteiger partial charge in [-0.2, -0.15) is 0 Å². The standard InChI is InChI=1S/C22H26N4O2/c1-17-7-9-19(10-8-17)26-14-13-25(16-21(26)27)22(28)18-5-4-12-24(15-18)20-6-2-3-11-23-20/h2-3,6-11,18H,4-5,12-16H2,1H3/t18-/m0/s1. The van der Waals surface area contributed by atoms with Crippen molar-refractivity contribution in [1.29, 1.82) is 0 Å². The summed E-state index contributed by atoms with van der Waals surface area (Å²) in [5, 5.41) is 0. The molecule has 2 aromatic rings. The molecule has 1 aromatic heterocycles. The van der Waals surface area contributed by atoms with Gasteiger partial charge in [0.2, 0.25) is 11.8 Å². The molecule has 0 radical (unpaired) electrons. The smallest absolute Gasteiger partial charge is 0.246 e. The predicted molar refractivity (Wildman–Crippen MR) is 109 cm³/mol. The molecule has 2 aliphatic heterocycles. The average molecular weight is 378 g/mol. The Balaban J connectivity index is 1.39. The second-order valence-electron chi connectivity index (χ2n) is 7.61. The molecule has 146 valence electrons. The van der Waals surface area contributed by atoms with E-state index in [-0.39, 0.29) is 24.3 Å². The topological polar surface area (TPSA) is 56.8 Å². The summed E-state index contributed by atoms with van der Waals surface area (Å²) in [6, 6.07) is 13.8. The molecule has 2 aliphatic rings. The van der Waals surface area contributed by atoms with E-state index in [1.165, 1.54) is 5.56 Å². The highest BCUT2D eigenvalue weighted by molar-refractivity contribution is 5.98. The minimum atomic E-state index is -0.0746. The number of piperazine rings is 1. The quantitative estimate of drug-likeness (QED) is 0.823. The van der Waals surface area contributed by atoms with Gasteiger partial charge in [-0.05, 0) is 44.0 Å². The summed E-state index contributed by atoms with van der Waals surface area (Å²) in [5.74, 6) is 0.924. The van der Waals surface area contributed by atoms with Crippen LogP contribution in [0.4, 0.5) is 11.5 Å². The lowest BCUT2D eigenvalue weighted by atomic mass is 9.96. The summed E-state index contributed by atoms with van der Waals surface area (Å²) >= 11 is 0. The van der Waals surface area contributed by atoms with Gasteiger partial charge in [0, 0.05) is 38.1 Å². The van der Waals surface area contributed by atoms with Gasteiger partial charge < -0.3 is 14.7 Å². The number of anilines is 2. The third-order valence-corrected chi connectivity index (χ3v) is 5.62. The average Bonchev–Trinajstić information content (AvgIpc) is 2.75. The Morgan fingerprint density at radius 1 is 1.07 bits per heavy atom. The Morgan fingerprint density at radius 3 is 2.61 bits per heavy atom. The van der Waals surface area contributed by atoms with Crippen LogP contribution in [0.1, 0.15) is 18.4 Å². The largest absolute Gasteiger partial charge is 0.356 e. The van der Waals surface area contributed by atoms with E-state index >= 15 is 0 Å². The van der Waals surface area contributed by atoms with E-state index in [1.807, 2.05) is 49.4 Å². The van der Waals surface area contributed by atoms with Crippen molar-refractivity contribution in [2.45, 2.75) is 19.8 Å². The van der Waals surface area contributed by atoms with Gasteiger partial charge in [-0.25, -0.2) is 4.98 Å².